The first-order valence-corrected chi connectivity index (χ1v) is 8.93. The second-order valence-electron chi connectivity index (χ2n) is 6.74. The van der Waals surface area contributed by atoms with E-state index in [2.05, 4.69) is 11.0 Å². The molecule has 1 saturated heterocycles. The van der Waals surface area contributed by atoms with Gasteiger partial charge in [0.25, 0.3) is 0 Å². The molecule has 1 aliphatic heterocycles. The Labute approximate surface area is 149 Å². The summed E-state index contributed by atoms with van der Waals surface area (Å²) in [6.07, 6.45) is 2.82. The minimum atomic E-state index is -0.195. The number of hydrogen-bond donors (Lipinski definition) is 1. The zero-order valence-corrected chi connectivity index (χ0v) is 14.7. The van der Waals surface area contributed by atoms with Crippen LogP contribution < -0.4 is 4.74 Å². The quantitative estimate of drug-likeness (QED) is 0.865. The second-order valence-corrected chi connectivity index (χ2v) is 6.74. The zero-order valence-electron chi connectivity index (χ0n) is 14.7. The number of likely N-dealkylation sites (tertiary alicyclic amines) is 1. The second kappa shape index (κ2) is 8.45. The van der Waals surface area contributed by atoms with Crippen LogP contribution in [0.3, 0.4) is 0 Å². The van der Waals surface area contributed by atoms with Gasteiger partial charge in [0.05, 0.1) is 7.11 Å². The van der Waals surface area contributed by atoms with E-state index in [1.807, 2.05) is 30.3 Å². The monoisotopic (exact) mass is 343 g/mol. The Kier molecular flexibility index (Phi) is 6.05. The fourth-order valence-electron chi connectivity index (χ4n) is 3.71. The van der Waals surface area contributed by atoms with Crippen LogP contribution in [0.25, 0.3) is 0 Å². The third kappa shape index (κ3) is 4.39. The van der Waals surface area contributed by atoms with Gasteiger partial charge in [-0.2, -0.15) is 0 Å². The predicted molar refractivity (Wildman–Crippen MR) is 97.2 cm³/mol. The molecule has 0 aromatic heterocycles. The summed E-state index contributed by atoms with van der Waals surface area (Å²) < 4.78 is 18.6. The molecule has 0 radical (unpaired) electrons. The fraction of sp³-hybridized carbons (Fsp3) is 0.429. The fourth-order valence-corrected chi connectivity index (χ4v) is 3.71. The molecule has 0 bridgehead atoms. The Morgan fingerprint density at radius 3 is 2.64 bits per heavy atom. The summed E-state index contributed by atoms with van der Waals surface area (Å²) in [5.41, 5.74) is 2.33. The van der Waals surface area contributed by atoms with Crippen LogP contribution in [0.4, 0.5) is 4.39 Å². The lowest BCUT2D eigenvalue weighted by molar-refractivity contribution is 0.0799. The van der Waals surface area contributed by atoms with Gasteiger partial charge in [-0.15, -0.1) is 0 Å². The number of piperidine rings is 1. The molecule has 3 nitrogen and oxygen atoms in total. The molecular formula is C21H26FNO2. The van der Waals surface area contributed by atoms with Crippen LogP contribution in [0, 0.1) is 11.7 Å². The van der Waals surface area contributed by atoms with E-state index in [0.29, 0.717) is 5.92 Å². The number of methoxy groups -OCH3 is 1. The Morgan fingerprint density at radius 1 is 1.16 bits per heavy atom. The normalized spacial score (nSPS) is 21.2. The molecule has 0 saturated carbocycles. The number of ether oxygens (including phenoxy) is 1. The van der Waals surface area contributed by atoms with Gasteiger partial charge in [0.1, 0.15) is 11.6 Å². The predicted octanol–water partition coefficient (Wildman–Crippen LogP) is 3.82. The topological polar surface area (TPSA) is 32.7 Å². The van der Waals surface area contributed by atoms with E-state index in [-0.39, 0.29) is 18.5 Å². The molecule has 1 fully saturated rings. The first kappa shape index (κ1) is 17.9. The van der Waals surface area contributed by atoms with Crippen LogP contribution in [-0.2, 0) is 6.42 Å². The number of benzene rings is 2. The number of aliphatic hydroxyl groups excluding tert-OH is 1. The highest BCUT2D eigenvalue weighted by molar-refractivity contribution is 5.36. The van der Waals surface area contributed by atoms with Crippen LogP contribution in [-0.4, -0.2) is 36.8 Å². The number of nitrogens with zero attached hydrogens (tertiary/aromatic N) is 1. The molecule has 0 amide bonds. The highest BCUT2D eigenvalue weighted by atomic mass is 19.1. The minimum Gasteiger partial charge on any atom is -0.496 e. The van der Waals surface area contributed by atoms with Gasteiger partial charge in [-0.05, 0) is 55.5 Å². The lowest BCUT2D eigenvalue weighted by atomic mass is 9.87. The van der Waals surface area contributed by atoms with Crippen molar-refractivity contribution in [2.45, 2.75) is 25.3 Å². The van der Waals surface area contributed by atoms with E-state index in [4.69, 9.17) is 4.74 Å². The van der Waals surface area contributed by atoms with Crippen LogP contribution in [0.15, 0.2) is 48.5 Å². The minimum absolute atomic E-state index is 0.195. The van der Waals surface area contributed by atoms with E-state index in [1.54, 1.807) is 7.11 Å². The van der Waals surface area contributed by atoms with E-state index >= 15 is 0 Å². The summed E-state index contributed by atoms with van der Waals surface area (Å²) in [5.74, 6) is 1.04. The van der Waals surface area contributed by atoms with Crippen molar-refractivity contribution in [2.24, 2.45) is 5.92 Å². The lowest BCUT2D eigenvalue weighted by Gasteiger charge is -2.40. The molecule has 2 unspecified atom stereocenters. The molecule has 2 aromatic carbocycles. The molecule has 4 heteroatoms. The van der Waals surface area contributed by atoms with Crippen molar-refractivity contribution in [2.75, 3.05) is 26.8 Å². The van der Waals surface area contributed by atoms with Gasteiger partial charge < -0.3 is 9.84 Å². The maximum absolute atomic E-state index is 13.1. The highest BCUT2D eigenvalue weighted by Gasteiger charge is 2.30. The number of para-hydroxylation sites is 1. The maximum Gasteiger partial charge on any atom is 0.123 e. The smallest absolute Gasteiger partial charge is 0.123 e. The van der Waals surface area contributed by atoms with Gasteiger partial charge in [0.2, 0.25) is 0 Å². The molecule has 1 N–H and O–H groups in total. The van der Waals surface area contributed by atoms with Crippen molar-refractivity contribution in [3.63, 3.8) is 0 Å². The van der Waals surface area contributed by atoms with Gasteiger partial charge in [-0.3, -0.25) is 4.90 Å². The summed E-state index contributed by atoms with van der Waals surface area (Å²) >= 11 is 0. The molecular weight excluding hydrogens is 317 g/mol. The number of aliphatic hydroxyl groups is 1. The lowest BCUT2D eigenvalue weighted by Crippen LogP contribution is -2.39. The molecule has 1 aliphatic rings. The van der Waals surface area contributed by atoms with E-state index in [9.17, 15) is 9.50 Å². The van der Waals surface area contributed by atoms with Gasteiger partial charge >= 0.3 is 0 Å². The SMILES string of the molecule is COc1ccccc1C1CC(CO)CCN1CCc1ccc(F)cc1. The Bertz CT molecular complexity index is 674. The van der Waals surface area contributed by atoms with Gasteiger partial charge in [-0.1, -0.05) is 30.3 Å². The van der Waals surface area contributed by atoms with Crippen LogP contribution in [0.1, 0.15) is 30.0 Å². The standard InChI is InChI=1S/C21H26FNO2/c1-25-21-5-3-2-4-19(21)20-14-17(15-24)11-13-23(20)12-10-16-6-8-18(22)9-7-16/h2-9,17,20,24H,10-15H2,1H3. The van der Waals surface area contributed by atoms with Gasteiger partial charge in [0.15, 0.2) is 0 Å². The van der Waals surface area contributed by atoms with E-state index in [0.717, 1.165) is 43.7 Å². The third-order valence-corrected chi connectivity index (χ3v) is 5.18. The van der Waals surface area contributed by atoms with Crippen LogP contribution in [0.2, 0.25) is 0 Å². The van der Waals surface area contributed by atoms with Crippen molar-refractivity contribution in [1.82, 2.24) is 4.90 Å². The maximum atomic E-state index is 13.1. The molecule has 0 aliphatic carbocycles. The molecule has 1 heterocycles. The zero-order chi connectivity index (χ0) is 17.6. The van der Waals surface area contributed by atoms with Crippen LogP contribution in [0.5, 0.6) is 5.75 Å². The molecule has 134 valence electrons. The third-order valence-electron chi connectivity index (χ3n) is 5.18. The first-order valence-electron chi connectivity index (χ1n) is 8.93. The molecule has 25 heavy (non-hydrogen) atoms. The van der Waals surface area contributed by atoms with Crippen molar-refractivity contribution in [3.05, 3.63) is 65.5 Å². The van der Waals surface area contributed by atoms with Gasteiger partial charge in [0, 0.05) is 24.8 Å². The van der Waals surface area contributed by atoms with Crippen LogP contribution >= 0.6 is 0 Å². The first-order chi connectivity index (χ1) is 12.2. The Hall–Kier alpha value is -1.91. The van der Waals surface area contributed by atoms with Crippen molar-refractivity contribution in [3.8, 4) is 5.75 Å². The summed E-state index contributed by atoms with van der Waals surface area (Å²) in [4.78, 5) is 2.47. The molecule has 3 rings (SSSR count). The van der Waals surface area contributed by atoms with E-state index in [1.165, 1.54) is 17.7 Å². The number of rotatable bonds is 6. The van der Waals surface area contributed by atoms with E-state index < -0.39 is 0 Å². The summed E-state index contributed by atoms with van der Waals surface area (Å²) in [7, 11) is 1.70. The summed E-state index contributed by atoms with van der Waals surface area (Å²) in [6, 6.07) is 15.1. The summed E-state index contributed by atoms with van der Waals surface area (Å²) in [5, 5.41) is 9.62. The summed E-state index contributed by atoms with van der Waals surface area (Å²) in [6.45, 7) is 2.10. The highest BCUT2D eigenvalue weighted by Crippen LogP contribution is 2.38. The average Bonchev–Trinajstić information content (AvgIpc) is 2.67. The number of halogens is 1. The molecule has 2 aromatic rings. The van der Waals surface area contributed by atoms with Crippen molar-refractivity contribution < 1.29 is 14.2 Å². The van der Waals surface area contributed by atoms with Gasteiger partial charge in [-0.25, -0.2) is 4.39 Å². The molecule has 0 spiro atoms. The van der Waals surface area contributed by atoms with Crippen molar-refractivity contribution >= 4 is 0 Å². The Balaban J connectivity index is 1.76. The largest absolute Gasteiger partial charge is 0.496 e. The number of hydrogen-bond acceptors (Lipinski definition) is 3. The average molecular weight is 343 g/mol. The van der Waals surface area contributed by atoms with Crippen molar-refractivity contribution in [1.29, 1.82) is 0 Å². The molecule has 2 atom stereocenters. The Morgan fingerprint density at radius 2 is 1.92 bits per heavy atom.